The molecule has 0 bridgehead atoms. The van der Waals surface area contributed by atoms with Gasteiger partial charge in [-0.2, -0.15) is 0 Å². The Labute approximate surface area is 169 Å². The van der Waals surface area contributed by atoms with Crippen LogP contribution in [0.1, 0.15) is 29.0 Å². The molecule has 0 fully saturated rings. The van der Waals surface area contributed by atoms with Gasteiger partial charge in [0.1, 0.15) is 5.82 Å². The molecule has 0 spiro atoms. The largest absolute Gasteiger partial charge is 0.328 e. The van der Waals surface area contributed by atoms with Gasteiger partial charge in [0.2, 0.25) is 5.95 Å². The van der Waals surface area contributed by atoms with Gasteiger partial charge in [-0.15, -0.1) is 0 Å². The Hall–Kier alpha value is -3.53. The van der Waals surface area contributed by atoms with E-state index in [2.05, 4.69) is 34.6 Å². The lowest BCUT2D eigenvalue weighted by Gasteiger charge is -2.27. The summed E-state index contributed by atoms with van der Waals surface area (Å²) in [5.74, 6) is 0.560. The molecule has 1 atom stereocenters. The summed E-state index contributed by atoms with van der Waals surface area (Å²) in [7, 11) is 0. The summed E-state index contributed by atoms with van der Waals surface area (Å²) in [4.78, 5) is 9.41. The van der Waals surface area contributed by atoms with Crippen LogP contribution in [0.4, 0.5) is 10.3 Å². The second-order valence-corrected chi connectivity index (χ2v) is 7.30. The van der Waals surface area contributed by atoms with Crippen LogP contribution in [-0.2, 0) is 6.42 Å². The number of allylic oxidation sites excluding steroid dienone is 5. The van der Waals surface area contributed by atoms with Crippen molar-refractivity contribution in [3.63, 3.8) is 0 Å². The second-order valence-electron chi connectivity index (χ2n) is 7.30. The summed E-state index contributed by atoms with van der Waals surface area (Å²) in [5, 5.41) is 3.35. The first-order valence-corrected chi connectivity index (χ1v) is 9.78. The van der Waals surface area contributed by atoms with E-state index in [0.717, 1.165) is 40.9 Å². The van der Waals surface area contributed by atoms with E-state index in [4.69, 9.17) is 4.98 Å². The van der Waals surface area contributed by atoms with E-state index in [0.29, 0.717) is 5.95 Å². The molecule has 29 heavy (non-hydrogen) atoms. The third-order valence-corrected chi connectivity index (χ3v) is 5.42. The van der Waals surface area contributed by atoms with Crippen molar-refractivity contribution in [3.05, 3.63) is 113 Å². The van der Waals surface area contributed by atoms with Gasteiger partial charge < -0.3 is 5.32 Å². The van der Waals surface area contributed by atoms with Crippen molar-refractivity contribution in [3.8, 4) is 11.3 Å². The fraction of sp³-hybridized carbons (Fsp3) is 0.120. The van der Waals surface area contributed by atoms with Crippen LogP contribution in [0, 0.1) is 5.82 Å². The van der Waals surface area contributed by atoms with Crippen molar-refractivity contribution in [2.45, 2.75) is 18.8 Å². The SMILES string of the molecule is Fc1ccc(C2Cc3cnc(NC4=CC=CC=CC4)nc3-c3ccccc32)cc1. The Morgan fingerprint density at radius 3 is 2.72 bits per heavy atom. The van der Waals surface area contributed by atoms with Crippen molar-refractivity contribution in [1.82, 2.24) is 9.97 Å². The van der Waals surface area contributed by atoms with Crippen LogP contribution < -0.4 is 5.32 Å². The van der Waals surface area contributed by atoms with Gasteiger partial charge in [-0.25, -0.2) is 14.4 Å². The lowest BCUT2D eigenvalue weighted by Crippen LogP contribution is -2.15. The normalized spacial score (nSPS) is 17.1. The molecule has 3 aromatic rings. The molecule has 4 heteroatoms. The van der Waals surface area contributed by atoms with Crippen molar-refractivity contribution >= 4 is 5.95 Å². The van der Waals surface area contributed by atoms with E-state index in [1.54, 1.807) is 0 Å². The molecule has 2 aliphatic carbocycles. The van der Waals surface area contributed by atoms with Gasteiger partial charge in [-0.1, -0.05) is 60.7 Å². The van der Waals surface area contributed by atoms with Gasteiger partial charge in [-0.05, 0) is 41.3 Å². The van der Waals surface area contributed by atoms with Crippen LogP contribution >= 0.6 is 0 Å². The minimum atomic E-state index is -0.213. The van der Waals surface area contributed by atoms with Gasteiger partial charge in [0.15, 0.2) is 0 Å². The Morgan fingerprint density at radius 1 is 0.966 bits per heavy atom. The average Bonchev–Trinajstić information content (AvgIpc) is 3.03. The highest BCUT2D eigenvalue weighted by Gasteiger charge is 2.27. The molecule has 0 saturated heterocycles. The fourth-order valence-electron chi connectivity index (χ4n) is 4.00. The smallest absolute Gasteiger partial charge is 0.227 e. The zero-order valence-corrected chi connectivity index (χ0v) is 15.8. The molecule has 1 unspecified atom stereocenters. The molecule has 5 rings (SSSR count). The molecule has 3 nitrogen and oxygen atoms in total. The summed E-state index contributed by atoms with van der Waals surface area (Å²) in [6, 6.07) is 15.1. The Balaban J connectivity index is 1.52. The number of hydrogen-bond acceptors (Lipinski definition) is 3. The highest BCUT2D eigenvalue weighted by Crippen LogP contribution is 2.41. The quantitative estimate of drug-likeness (QED) is 0.625. The van der Waals surface area contributed by atoms with E-state index >= 15 is 0 Å². The maximum atomic E-state index is 13.4. The predicted octanol–water partition coefficient (Wildman–Crippen LogP) is 5.78. The van der Waals surface area contributed by atoms with Gasteiger partial charge in [0.25, 0.3) is 0 Å². The molecule has 0 saturated carbocycles. The number of nitrogens with one attached hydrogen (secondary N) is 1. The fourth-order valence-corrected chi connectivity index (χ4v) is 4.00. The van der Waals surface area contributed by atoms with Crippen molar-refractivity contribution in [2.75, 3.05) is 5.32 Å². The minimum Gasteiger partial charge on any atom is -0.328 e. The topological polar surface area (TPSA) is 37.8 Å². The van der Waals surface area contributed by atoms with Gasteiger partial charge in [0.05, 0.1) is 5.69 Å². The van der Waals surface area contributed by atoms with E-state index in [1.807, 2.05) is 48.7 Å². The van der Waals surface area contributed by atoms with Gasteiger partial charge in [0, 0.05) is 29.8 Å². The summed E-state index contributed by atoms with van der Waals surface area (Å²) >= 11 is 0. The standard InChI is InChI=1S/C25H20FN3/c26-19-13-11-17(12-14-19)23-15-18-16-27-25(28-20-7-3-1-2-4-8-20)29-24(18)22-10-6-5-9-21(22)23/h1-7,9-14,16,23H,8,15H2,(H,27,28,29). The molecule has 2 aliphatic rings. The van der Waals surface area contributed by atoms with Gasteiger partial charge in [-0.3, -0.25) is 0 Å². The first-order chi connectivity index (χ1) is 14.3. The third kappa shape index (κ3) is 3.49. The number of anilines is 1. The molecule has 1 N–H and O–H groups in total. The number of fused-ring (bicyclic) bond motifs is 3. The monoisotopic (exact) mass is 381 g/mol. The molecule has 142 valence electrons. The zero-order chi connectivity index (χ0) is 19.6. The Morgan fingerprint density at radius 2 is 1.83 bits per heavy atom. The molecule has 2 aromatic carbocycles. The number of hydrogen-bond donors (Lipinski definition) is 1. The number of rotatable bonds is 3. The highest BCUT2D eigenvalue weighted by atomic mass is 19.1. The number of benzene rings is 2. The lowest BCUT2D eigenvalue weighted by atomic mass is 9.78. The summed E-state index contributed by atoms with van der Waals surface area (Å²) in [6.07, 6.45) is 13.7. The molecule has 0 radical (unpaired) electrons. The molecule has 1 heterocycles. The lowest BCUT2D eigenvalue weighted by molar-refractivity contribution is 0.626. The Bertz CT molecular complexity index is 1140. The zero-order valence-electron chi connectivity index (χ0n) is 15.8. The number of aromatic nitrogens is 2. The molecule has 1 aromatic heterocycles. The van der Waals surface area contributed by atoms with E-state index < -0.39 is 0 Å². The van der Waals surface area contributed by atoms with Crippen LogP contribution in [0.15, 0.2) is 90.8 Å². The van der Waals surface area contributed by atoms with Crippen LogP contribution in [0.2, 0.25) is 0 Å². The van der Waals surface area contributed by atoms with Crippen molar-refractivity contribution in [1.29, 1.82) is 0 Å². The Kier molecular flexibility index (Phi) is 4.53. The first-order valence-electron chi connectivity index (χ1n) is 9.78. The van der Waals surface area contributed by atoms with Crippen LogP contribution in [0.5, 0.6) is 0 Å². The van der Waals surface area contributed by atoms with Crippen LogP contribution in [-0.4, -0.2) is 9.97 Å². The maximum absolute atomic E-state index is 13.4. The predicted molar refractivity (Wildman–Crippen MR) is 114 cm³/mol. The number of halogens is 1. The molecule has 0 amide bonds. The van der Waals surface area contributed by atoms with Crippen LogP contribution in [0.25, 0.3) is 11.3 Å². The van der Waals surface area contributed by atoms with Crippen molar-refractivity contribution < 1.29 is 4.39 Å². The van der Waals surface area contributed by atoms with E-state index in [9.17, 15) is 4.39 Å². The van der Waals surface area contributed by atoms with Gasteiger partial charge >= 0.3 is 0 Å². The van der Waals surface area contributed by atoms with E-state index in [1.165, 1.54) is 17.7 Å². The summed E-state index contributed by atoms with van der Waals surface area (Å²) in [5.41, 5.74) is 6.58. The van der Waals surface area contributed by atoms with Crippen LogP contribution in [0.3, 0.4) is 0 Å². The summed E-state index contributed by atoms with van der Waals surface area (Å²) < 4.78 is 13.4. The molecule has 0 aliphatic heterocycles. The molecular weight excluding hydrogens is 361 g/mol. The second kappa shape index (κ2) is 7.47. The number of nitrogens with zero attached hydrogens (tertiary/aromatic N) is 2. The third-order valence-electron chi connectivity index (χ3n) is 5.42. The highest BCUT2D eigenvalue weighted by molar-refractivity contribution is 5.72. The van der Waals surface area contributed by atoms with Crippen molar-refractivity contribution in [2.24, 2.45) is 0 Å². The minimum absolute atomic E-state index is 0.168. The first kappa shape index (κ1) is 17.6. The maximum Gasteiger partial charge on any atom is 0.227 e. The summed E-state index contributed by atoms with van der Waals surface area (Å²) in [6.45, 7) is 0. The molecular formula is C25H20FN3. The van der Waals surface area contributed by atoms with E-state index in [-0.39, 0.29) is 11.7 Å². The average molecular weight is 381 g/mol.